The molecule has 0 bridgehead atoms. The number of likely N-dealkylation sites (N-methyl/N-ethyl adjacent to an activating group) is 2. The van der Waals surface area contributed by atoms with Gasteiger partial charge >= 0.3 is 0 Å². The number of hydrogen-bond acceptors (Lipinski definition) is 4. The second-order valence-electron chi connectivity index (χ2n) is 5.54. The molecule has 1 fully saturated rings. The van der Waals surface area contributed by atoms with Gasteiger partial charge in [-0.15, -0.1) is 0 Å². The number of carbonyl (C=O) groups is 2. The molecule has 1 N–H and O–H groups in total. The summed E-state index contributed by atoms with van der Waals surface area (Å²) in [6.45, 7) is 9.28. The standard InChI is InChI=1S/C8H16N2O.C7H16N2O/c1-3-8(11)10-6-4-9(2)5-7-10;1-4-7(10)8-5-6-9(2)3/h3-7H2,1-2H3;4-6H2,1-3H3,(H,8,10). The quantitative estimate of drug-likeness (QED) is 0.790. The number of nitrogens with zero attached hydrogens (tertiary/aromatic N) is 3. The maximum Gasteiger partial charge on any atom is 0.222 e. The Morgan fingerprint density at radius 3 is 2.05 bits per heavy atom. The lowest BCUT2D eigenvalue weighted by molar-refractivity contribution is -0.132. The van der Waals surface area contributed by atoms with Crippen LogP contribution in [0.3, 0.4) is 0 Å². The third kappa shape index (κ3) is 10.3. The third-order valence-electron chi connectivity index (χ3n) is 3.36. The molecule has 0 aromatic heterocycles. The Bertz CT molecular complexity index is 300. The highest BCUT2D eigenvalue weighted by Gasteiger charge is 2.16. The molecule has 0 saturated carbocycles. The second-order valence-corrected chi connectivity index (χ2v) is 5.54. The lowest BCUT2D eigenvalue weighted by Crippen LogP contribution is -2.46. The van der Waals surface area contributed by atoms with Crippen LogP contribution in [0.4, 0.5) is 0 Å². The Morgan fingerprint density at radius 2 is 1.62 bits per heavy atom. The van der Waals surface area contributed by atoms with Crippen molar-refractivity contribution in [1.82, 2.24) is 20.0 Å². The summed E-state index contributed by atoms with van der Waals surface area (Å²) in [6, 6.07) is 0. The first-order valence-corrected chi connectivity index (χ1v) is 7.78. The second kappa shape index (κ2) is 11.5. The van der Waals surface area contributed by atoms with Crippen LogP contribution in [0.5, 0.6) is 0 Å². The summed E-state index contributed by atoms with van der Waals surface area (Å²) in [5.74, 6) is 0.417. The van der Waals surface area contributed by atoms with Crippen molar-refractivity contribution >= 4 is 11.8 Å². The molecule has 0 radical (unpaired) electrons. The van der Waals surface area contributed by atoms with Gasteiger partial charge in [0.15, 0.2) is 0 Å². The molecule has 6 heteroatoms. The Kier molecular flexibility index (Phi) is 10.9. The van der Waals surface area contributed by atoms with Crippen LogP contribution in [-0.2, 0) is 9.59 Å². The first-order chi connectivity index (χ1) is 9.90. The summed E-state index contributed by atoms with van der Waals surface area (Å²) < 4.78 is 0. The van der Waals surface area contributed by atoms with E-state index in [0.717, 1.165) is 39.3 Å². The molecule has 0 aromatic carbocycles. The molecule has 0 atom stereocenters. The van der Waals surface area contributed by atoms with Crippen molar-refractivity contribution in [3.05, 3.63) is 0 Å². The fourth-order valence-corrected chi connectivity index (χ4v) is 1.82. The zero-order chi connectivity index (χ0) is 16.3. The minimum atomic E-state index is 0.127. The monoisotopic (exact) mass is 300 g/mol. The van der Waals surface area contributed by atoms with E-state index >= 15 is 0 Å². The van der Waals surface area contributed by atoms with Crippen molar-refractivity contribution < 1.29 is 9.59 Å². The molecule has 6 nitrogen and oxygen atoms in total. The molecule has 1 rings (SSSR count). The van der Waals surface area contributed by atoms with Crippen molar-refractivity contribution in [2.24, 2.45) is 0 Å². The van der Waals surface area contributed by atoms with Gasteiger partial charge in [-0.05, 0) is 21.1 Å². The highest BCUT2D eigenvalue weighted by atomic mass is 16.2. The van der Waals surface area contributed by atoms with Gasteiger partial charge in [-0.1, -0.05) is 13.8 Å². The number of piperazine rings is 1. The molecule has 1 aliphatic rings. The minimum Gasteiger partial charge on any atom is -0.355 e. The molecule has 2 amide bonds. The van der Waals surface area contributed by atoms with Gasteiger partial charge in [-0.3, -0.25) is 9.59 Å². The maximum absolute atomic E-state index is 11.2. The molecular formula is C15H32N4O2. The summed E-state index contributed by atoms with van der Waals surface area (Å²) in [4.78, 5) is 28.1. The highest BCUT2D eigenvalue weighted by molar-refractivity contribution is 5.76. The summed E-state index contributed by atoms with van der Waals surface area (Å²) >= 11 is 0. The zero-order valence-electron chi connectivity index (χ0n) is 14.3. The zero-order valence-corrected chi connectivity index (χ0v) is 14.3. The van der Waals surface area contributed by atoms with Crippen molar-refractivity contribution in [2.75, 3.05) is 60.4 Å². The molecule has 0 aromatic rings. The number of rotatable bonds is 5. The smallest absolute Gasteiger partial charge is 0.222 e. The summed E-state index contributed by atoms with van der Waals surface area (Å²) in [6.07, 6.45) is 1.22. The van der Waals surface area contributed by atoms with E-state index in [0.29, 0.717) is 12.8 Å². The number of nitrogens with one attached hydrogen (secondary N) is 1. The van der Waals surface area contributed by atoms with Gasteiger partial charge in [-0.25, -0.2) is 0 Å². The van der Waals surface area contributed by atoms with Crippen LogP contribution < -0.4 is 5.32 Å². The molecule has 0 aliphatic carbocycles. The van der Waals surface area contributed by atoms with Gasteiger partial charge in [0.1, 0.15) is 0 Å². The SMILES string of the molecule is CCC(=O)N1CCN(C)CC1.CCC(=O)NCCN(C)C. The van der Waals surface area contributed by atoms with Crippen LogP contribution in [0.2, 0.25) is 0 Å². The summed E-state index contributed by atoms with van der Waals surface area (Å²) in [5, 5.41) is 2.78. The lowest BCUT2D eigenvalue weighted by Gasteiger charge is -2.32. The van der Waals surface area contributed by atoms with Crippen molar-refractivity contribution in [3.8, 4) is 0 Å². The number of hydrogen-bond donors (Lipinski definition) is 1. The Balaban J connectivity index is 0.000000384. The predicted molar refractivity (Wildman–Crippen MR) is 86.2 cm³/mol. The van der Waals surface area contributed by atoms with E-state index in [1.54, 1.807) is 0 Å². The van der Waals surface area contributed by atoms with Crippen molar-refractivity contribution in [2.45, 2.75) is 26.7 Å². The van der Waals surface area contributed by atoms with Crippen LogP contribution in [0, 0.1) is 0 Å². The van der Waals surface area contributed by atoms with Crippen LogP contribution in [0.25, 0.3) is 0 Å². The Labute approximate surface area is 129 Å². The minimum absolute atomic E-state index is 0.127. The largest absolute Gasteiger partial charge is 0.355 e. The van der Waals surface area contributed by atoms with Crippen LogP contribution in [0.1, 0.15) is 26.7 Å². The molecule has 21 heavy (non-hydrogen) atoms. The summed E-state index contributed by atoms with van der Waals surface area (Å²) in [5.41, 5.74) is 0. The Morgan fingerprint density at radius 1 is 1.05 bits per heavy atom. The first kappa shape index (κ1) is 19.9. The van der Waals surface area contributed by atoms with Gasteiger partial charge in [0, 0.05) is 52.1 Å². The molecular weight excluding hydrogens is 268 g/mol. The van der Waals surface area contributed by atoms with E-state index in [1.165, 1.54) is 0 Å². The van der Waals surface area contributed by atoms with E-state index in [-0.39, 0.29) is 11.8 Å². The molecule has 124 valence electrons. The summed E-state index contributed by atoms with van der Waals surface area (Å²) in [7, 11) is 6.06. The van der Waals surface area contributed by atoms with Crippen LogP contribution in [0.15, 0.2) is 0 Å². The maximum atomic E-state index is 11.2. The average molecular weight is 300 g/mol. The number of carbonyl (C=O) groups excluding carboxylic acids is 2. The van der Waals surface area contributed by atoms with Gasteiger partial charge in [0.2, 0.25) is 11.8 Å². The highest BCUT2D eigenvalue weighted by Crippen LogP contribution is 2.00. The number of amides is 2. The van der Waals surface area contributed by atoms with E-state index in [9.17, 15) is 9.59 Å². The first-order valence-electron chi connectivity index (χ1n) is 7.78. The molecule has 1 saturated heterocycles. The Hall–Kier alpha value is -1.14. The average Bonchev–Trinajstić information content (AvgIpc) is 2.47. The predicted octanol–water partition coefficient (Wildman–Crippen LogP) is 0.245. The molecule has 0 unspecified atom stereocenters. The lowest BCUT2D eigenvalue weighted by atomic mass is 10.3. The van der Waals surface area contributed by atoms with E-state index in [1.807, 2.05) is 37.7 Å². The van der Waals surface area contributed by atoms with E-state index in [2.05, 4.69) is 17.3 Å². The van der Waals surface area contributed by atoms with Gasteiger partial charge in [0.25, 0.3) is 0 Å². The van der Waals surface area contributed by atoms with Crippen molar-refractivity contribution in [1.29, 1.82) is 0 Å². The molecule has 0 spiro atoms. The van der Waals surface area contributed by atoms with Crippen LogP contribution in [-0.4, -0.2) is 86.9 Å². The van der Waals surface area contributed by atoms with Gasteiger partial charge in [-0.2, -0.15) is 0 Å². The topological polar surface area (TPSA) is 55.9 Å². The van der Waals surface area contributed by atoms with E-state index < -0.39 is 0 Å². The fourth-order valence-electron chi connectivity index (χ4n) is 1.82. The fraction of sp³-hybridized carbons (Fsp3) is 0.867. The molecule has 1 heterocycles. The third-order valence-corrected chi connectivity index (χ3v) is 3.36. The van der Waals surface area contributed by atoms with Gasteiger partial charge in [0.05, 0.1) is 0 Å². The normalized spacial score (nSPS) is 15.4. The van der Waals surface area contributed by atoms with Crippen molar-refractivity contribution in [3.63, 3.8) is 0 Å². The van der Waals surface area contributed by atoms with E-state index in [4.69, 9.17) is 0 Å². The molecule has 1 aliphatic heterocycles. The van der Waals surface area contributed by atoms with Crippen LogP contribution >= 0.6 is 0 Å². The van der Waals surface area contributed by atoms with Gasteiger partial charge < -0.3 is 20.0 Å².